The molecule has 2 heteroatoms. The van der Waals surface area contributed by atoms with Gasteiger partial charge in [0.15, 0.2) is 0 Å². The second kappa shape index (κ2) is 4.73. The third-order valence-corrected chi connectivity index (χ3v) is 0.934. The van der Waals surface area contributed by atoms with E-state index in [-0.39, 0.29) is 0 Å². The van der Waals surface area contributed by atoms with Gasteiger partial charge in [0.25, 0.3) is 0 Å². The minimum atomic E-state index is 1.44. The molecule has 1 radical (unpaired) electrons. The Bertz CT molecular complexity index is 48.9. The standard InChI is InChI=1S/C3H4P.Sb.H/c1-2-3-4;;/h1-4H;;. The molecular formula is C3H5PSb. The van der Waals surface area contributed by atoms with Crippen LogP contribution in [0.2, 0.25) is 0 Å². The van der Waals surface area contributed by atoms with E-state index in [1.165, 1.54) is 23.0 Å². The fourth-order valence-corrected chi connectivity index (χ4v) is 0.968. The topological polar surface area (TPSA) is 0 Å². The van der Waals surface area contributed by atoms with Crippen LogP contribution in [0, 0.1) is 0 Å². The average molecular weight is 194 g/mol. The zero-order valence-electron chi connectivity index (χ0n) is 2.73. The van der Waals surface area contributed by atoms with Crippen molar-refractivity contribution in [2.45, 2.75) is 0 Å². The summed E-state index contributed by atoms with van der Waals surface area (Å²) >= 11 is 1.44. The molecule has 0 atom stereocenters. The van der Waals surface area contributed by atoms with Crippen LogP contribution in [-0.4, -0.2) is 28.8 Å². The van der Waals surface area contributed by atoms with Gasteiger partial charge in [0.1, 0.15) is 0 Å². The third-order valence-electron chi connectivity index (χ3n) is 0.192. The molecule has 0 aliphatic rings. The molecule has 0 amide bonds. The predicted molar refractivity (Wildman–Crippen MR) is 30.7 cm³/mol. The molecule has 0 rings (SSSR count). The second-order valence-electron chi connectivity index (χ2n) is 0.526. The Labute approximate surface area is 48.0 Å². The van der Waals surface area contributed by atoms with Crippen molar-refractivity contribution in [3.05, 3.63) is 10.1 Å². The van der Waals surface area contributed by atoms with Crippen LogP contribution in [-0.2, 0) is 0 Å². The van der Waals surface area contributed by atoms with Gasteiger partial charge >= 0.3 is 47.8 Å². The average Bonchev–Trinajstić information content (AvgIpc) is 1.41. The molecule has 0 spiro atoms. The molecule has 5 heavy (non-hydrogen) atoms. The van der Waals surface area contributed by atoms with Gasteiger partial charge in [0, 0.05) is 0 Å². The molecule has 0 unspecified atom stereocenters. The van der Waals surface area contributed by atoms with Crippen LogP contribution in [0.1, 0.15) is 0 Å². The zero-order valence-corrected chi connectivity index (χ0v) is 6.59. The molecular weight excluding hydrogens is 189 g/mol. The van der Waals surface area contributed by atoms with Gasteiger partial charge in [-0.1, -0.05) is 0 Å². The van der Waals surface area contributed by atoms with Gasteiger partial charge < -0.3 is 0 Å². The number of rotatable bonds is 1. The normalized spacial score (nSPS) is 9.00. The van der Waals surface area contributed by atoms with Crippen molar-refractivity contribution in [2.75, 3.05) is 0 Å². The fraction of sp³-hybridized carbons (Fsp3) is 0. The van der Waals surface area contributed by atoms with Crippen LogP contribution in [0.4, 0.5) is 0 Å². The number of hydrogen-bond donors (Lipinski definition) is 0. The monoisotopic (exact) mass is 193 g/mol. The first-order valence-electron chi connectivity index (χ1n) is 1.24. The summed E-state index contributed by atoms with van der Waals surface area (Å²) in [5, 5.41) is 0. The summed E-state index contributed by atoms with van der Waals surface area (Å²) in [7, 11) is 3.15. The summed E-state index contributed by atoms with van der Waals surface area (Å²) in [5.41, 5.74) is 0. The van der Waals surface area contributed by atoms with Crippen molar-refractivity contribution in [2.24, 2.45) is 0 Å². The molecule has 0 aromatic carbocycles. The maximum absolute atomic E-state index is 3.15. The Morgan fingerprint density at radius 2 is 2.20 bits per heavy atom. The summed E-state index contributed by atoms with van der Waals surface area (Å²) in [6, 6.07) is 0. The molecule has 0 nitrogen and oxygen atoms in total. The van der Waals surface area contributed by atoms with Crippen LogP contribution >= 0.6 is 8.86 Å². The van der Waals surface area contributed by atoms with Crippen LogP contribution in [0.5, 0.6) is 0 Å². The van der Waals surface area contributed by atoms with Gasteiger partial charge in [-0.15, -0.1) is 0 Å². The van der Waals surface area contributed by atoms with Crippen molar-refractivity contribution in [3.63, 3.8) is 0 Å². The number of hydrogen-bond acceptors (Lipinski definition) is 0. The van der Waals surface area contributed by atoms with E-state index in [2.05, 4.69) is 8.86 Å². The molecule has 0 aliphatic heterocycles. The van der Waals surface area contributed by atoms with Gasteiger partial charge in [-0.3, -0.25) is 0 Å². The van der Waals surface area contributed by atoms with E-state index in [1.54, 1.807) is 0 Å². The van der Waals surface area contributed by atoms with Crippen molar-refractivity contribution >= 4 is 37.7 Å². The molecule has 0 N–H and O–H groups in total. The Balaban J connectivity index is 2.92. The SMILES string of the molecule is P=CC=[CH][SbH]. The summed E-state index contributed by atoms with van der Waals surface area (Å²) in [4.78, 5) is 0. The van der Waals surface area contributed by atoms with Gasteiger partial charge in [-0.2, -0.15) is 0 Å². The first-order valence-corrected chi connectivity index (χ1v) is 3.47. The van der Waals surface area contributed by atoms with E-state index in [4.69, 9.17) is 0 Å². The number of allylic oxidation sites excluding steroid dienone is 1. The Hall–Kier alpha value is 0.728. The summed E-state index contributed by atoms with van der Waals surface area (Å²) < 4.78 is 2.04. The Morgan fingerprint density at radius 1 is 1.60 bits per heavy atom. The molecule has 0 aromatic heterocycles. The van der Waals surface area contributed by atoms with Crippen molar-refractivity contribution in [1.29, 1.82) is 0 Å². The van der Waals surface area contributed by atoms with E-state index in [1.807, 2.05) is 15.9 Å². The Kier molecular flexibility index (Phi) is 5.42. The molecule has 0 saturated carbocycles. The molecule has 0 aromatic rings. The van der Waals surface area contributed by atoms with Gasteiger partial charge in [0.05, 0.1) is 0 Å². The van der Waals surface area contributed by atoms with Gasteiger partial charge in [-0.25, -0.2) is 0 Å². The van der Waals surface area contributed by atoms with Crippen LogP contribution in [0.3, 0.4) is 0 Å². The third kappa shape index (κ3) is 4.73. The maximum atomic E-state index is 3.15. The van der Waals surface area contributed by atoms with Crippen molar-refractivity contribution in [1.82, 2.24) is 0 Å². The van der Waals surface area contributed by atoms with Crippen LogP contribution in [0.25, 0.3) is 0 Å². The van der Waals surface area contributed by atoms with E-state index in [0.717, 1.165) is 0 Å². The molecule has 0 bridgehead atoms. The summed E-state index contributed by atoms with van der Waals surface area (Å²) in [6.07, 6.45) is 1.95. The first kappa shape index (κ1) is 5.73. The predicted octanol–water partition coefficient (Wildman–Crippen LogP) is 0.346. The molecule has 27 valence electrons. The molecule has 0 heterocycles. The van der Waals surface area contributed by atoms with Crippen molar-refractivity contribution in [3.8, 4) is 0 Å². The molecule has 0 aliphatic carbocycles. The zero-order chi connectivity index (χ0) is 4.12. The Morgan fingerprint density at radius 3 is 2.20 bits per heavy atom. The van der Waals surface area contributed by atoms with Crippen LogP contribution in [0.15, 0.2) is 10.1 Å². The summed E-state index contributed by atoms with van der Waals surface area (Å²) in [5.74, 6) is 1.83. The van der Waals surface area contributed by atoms with E-state index in [9.17, 15) is 0 Å². The molecule has 0 fully saturated rings. The quantitative estimate of drug-likeness (QED) is 0.417. The van der Waals surface area contributed by atoms with Crippen molar-refractivity contribution < 1.29 is 0 Å². The van der Waals surface area contributed by atoms with Gasteiger partial charge in [-0.05, 0) is 0 Å². The van der Waals surface area contributed by atoms with Crippen LogP contribution < -0.4 is 0 Å². The molecule has 0 saturated heterocycles. The van der Waals surface area contributed by atoms with E-state index in [0.29, 0.717) is 0 Å². The van der Waals surface area contributed by atoms with E-state index < -0.39 is 0 Å². The fourth-order valence-electron chi connectivity index (χ4n) is 0.0481. The minimum absolute atomic E-state index is 1.44. The second-order valence-corrected chi connectivity index (χ2v) is 1.81. The summed E-state index contributed by atoms with van der Waals surface area (Å²) in [6.45, 7) is 0. The van der Waals surface area contributed by atoms with E-state index >= 15 is 0 Å². The first-order chi connectivity index (χ1) is 2.41. The van der Waals surface area contributed by atoms with Gasteiger partial charge in [0.2, 0.25) is 0 Å².